The number of amides is 5. The minimum atomic E-state index is -0.746. The Kier molecular flexibility index (Phi) is 4.78. The van der Waals surface area contributed by atoms with E-state index in [0.717, 1.165) is 29.8 Å². The number of hydrogen-bond donors (Lipinski definition) is 2. The van der Waals surface area contributed by atoms with Gasteiger partial charge in [0.05, 0.1) is 0 Å². The third-order valence-corrected chi connectivity index (χ3v) is 5.78. The quantitative estimate of drug-likeness (QED) is 0.759. The average molecular weight is 384 g/mol. The zero-order valence-electron chi connectivity index (χ0n) is 15.7. The number of carbonyl (C=O) groups excluding carboxylic acids is 4. The smallest absolute Gasteiger partial charge is 0.325 e. The van der Waals surface area contributed by atoms with E-state index >= 15 is 0 Å². The molecule has 0 bridgehead atoms. The Bertz CT molecular complexity index is 831. The van der Waals surface area contributed by atoms with E-state index < -0.39 is 11.6 Å². The van der Waals surface area contributed by atoms with Crippen molar-refractivity contribution in [2.45, 2.75) is 50.5 Å². The number of carbonyl (C=O) groups is 4. The van der Waals surface area contributed by atoms with Gasteiger partial charge in [-0.1, -0.05) is 18.9 Å². The number of imide groups is 1. The molecule has 5 amide bonds. The number of anilines is 2. The second-order valence-corrected chi connectivity index (χ2v) is 7.67. The van der Waals surface area contributed by atoms with Crippen LogP contribution in [0.5, 0.6) is 0 Å². The van der Waals surface area contributed by atoms with Gasteiger partial charge in [0, 0.05) is 37.3 Å². The minimum Gasteiger partial charge on any atom is -0.326 e. The molecule has 3 aliphatic rings. The normalized spacial score (nSPS) is 20.9. The Balaban J connectivity index is 1.34. The van der Waals surface area contributed by atoms with Crippen LogP contribution in [0.4, 0.5) is 16.2 Å². The molecule has 3 fully saturated rings. The van der Waals surface area contributed by atoms with Gasteiger partial charge in [-0.05, 0) is 37.5 Å². The summed E-state index contributed by atoms with van der Waals surface area (Å²) in [5.41, 5.74) is 0.605. The van der Waals surface area contributed by atoms with E-state index in [0.29, 0.717) is 31.5 Å². The van der Waals surface area contributed by atoms with Gasteiger partial charge in [-0.3, -0.25) is 19.3 Å². The molecule has 2 aliphatic heterocycles. The van der Waals surface area contributed by atoms with E-state index in [1.165, 1.54) is 0 Å². The van der Waals surface area contributed by atoms with Gasteiger partial charge in [0.15, 0.2) is 0 Å². The first kappa shape index (κ1) is 18.5. The molecule has 1 aliphatic carbocycles. The summed E-state index contributed by atoms with van der Waals surface area (Å²) in [5.74, 6) is -0.405. The van der Waals surface area contributed by atoms with Crippen LogP contribution in [0, 0.1) is 0 Å². The Morgan fingerprint density at radius 1 is 1.14 bits per heavy atom. The van der Waals surface area contributed by atoms with Crippen molar-refractivity contribution in [2.24, 2.45) is 0 Å². The van der Waals surface area contributed by atoms with Crippen molar-refractivity contribution in [1.82, 2.24) is 10.2 Å². The molecule has 148 valence electrons. The Morgan fingerprint density at radius 2 is 1.93 bits per heavy atom. The number of nitrogens with one attached hydrogen (secondary N) is 2. The first-order valence-corrected chi connectivity index (χ1v) is 9.83. The van der Waals surface area contributed by atoms with Crippen LogP contribution >= 0.6 is 0 Å². The monoisotopic (exact) mass is 384 g/mol. The Morgan fingerprint density at radius 3 is 2.64 bits per heavy atom. The maximum atomic E-state index is 12.6. The van der Waals surface area contributed by atoms with Gasteiger partial charge in [0.1, 0.15) is 5.54 Å². The van der Waals surface area contributed by atoms with Crippen LogP contribution in [0.3, 0.4) is 0 Å². The zero-order chi connectivity index (χ0) is 19.7. The molecule has 8 heteroatoms. The maximum absolute atomic E-state index is 12.6. The minimum absolute atomic E-state index is 0.0299. The van der Waals surface area contributed by atoms with Crippen LogP contribution in [0.15, 0.2) is 24.3 Å². The van der Waals surface area contributed by atoms with Crippen molar-refractivity contribution < 1.29 is 19.2 Å². The highest BCUT2D eigenvalue weighted by Gasteiger charge is 2.52. The summed E-state index contributed by atoms with van der Waals surface area (Å²) in [6.45, 7) is 0.743. The lowest BCUT2D eigenvalue weighted by Crippen LogP contribution is -2.44. The van der Waals surface area contributed by atoms with Crippen LogP contribution in [-0.2, 0) is 14.4 Å². The molecule has 28 heavy (non-hydrogen) atoms. The van der Waals surface area contributed by atoms with Gasteiger partial charge >= 0.3 is 6.03 Å². The SMILES string of the molecule is O=C(CCN1C(=O)NC2(CCCC2)C1=O)Nc1cccc(N2CCCC2=O)c1. The standard InChI is InChI=1S/C20H24N4O4/c25-16(8-12-24-18(27)20(22-19(24)28)9-1-2-10-20)21-14-5-3-6-15(13-14)23-11-4-7-17(23)26/h3,5-6,13H,1-2,4,7-12H2,(H,21,25)(H,22,28). The van der Waals surface area contributed by atoms with E-state index in [4.69, 9.17) is 0 Å². The van der Waals surface area contributed by atoms with Crippen molar-refractivity contribution in [3.8, 4) is 0 Å². The number of hydrogen-bond acceptors (Lipinski definition) is 4. The summed E-state index contributed by atoms with van der Waals surface area (Å²) >= 11 is 0. The Hall–Kier alpha value is -2.90. The molecule has 1 aromatic carbocycles. The van der Waals surface area contributed by atoms with Crippen molar-refractivity contribution >= 4 is 35.1 Å². The van der Waals surface area contributed by atoms with Gasteiger partial charge < -0.3 is 15.5 Å². The van der Waals surface area contributed by atoms with E-state index in [9.17, 15) is 19.2 Å². The van der Waals surface area contributed by atoms with Gasteiger partial charge in [0.25, 0.3) is 5.91 Å². The van der Waals surface area contributed by atoms with Gasteiger partial charge in [-0.2, -0.15) is 0 Å². The molecule has 1 saturated carbocycles. The molecule has 0 atom stereocenters. The predicted octanol–water partition coefficient (Wildman–Crippen LogP) is 2.01. The lowest BCUT2D eigenvalue weighted by molar-refractivity contribution is -0.131. The van der Waals surface area contributed by atoms with Gasteiger partial charge in [-0.15, -0.1) is 0 Å². The second-order valence-electron chi connectivity index (χ2n) is 7.67. The Labute approximate surface area is 163 Å². The lowest BCUT2D eigenvalue weighted by Gasteiger charge is -2.20. The predicted molar refractivity (Wildman–Crippen MR) is 103 cm³/mol. The molecule has 1 spiro atoms. The molecule has 4 rings (SSSR count). The highest BCUT2D eigenvalue weighted by molar-refractivity contribution is 6.07. The largest absolute Gasteiger partial charge is 0.326 e. The first-order valence-electron chi connectivity index (χ1n) is 9.83. The van der Waals surface area contributed by atoms with Gasteiger partial charge in [0.2, 0.25) is 11.8 Å². The summed E-state index contributed by atoms with van der Waals surface area (Å²) in [7, 11) is 0. The number of benzene rings is 1. The zero-order valence-corrected chi connectivity index (χ0v) is 15.7. The lowest BCUT2D eigenvalue weighted by atomic mass is 9.98. The molecule has 0 radical (unpaired) electrons. The third kappa shape index (κ3) is 3.34. The molecular weight excluding hydrogens is 360 g/mol. The average Bonchev–Trinajstić information content (AvgIpc) is 3.36. The third-order valence-electron chi connectivity index (χ3n) is 5.78. The van der Waals surface area contributed by atoms with E-state index in [1.54, 1.807) is 23.1 Å². The molecule has 0 aromatic heterocycles. The number of rotatable bonds is 5. The topological polar surface area (TPSA) is 98.8 Å². The van der Waals surface area contributed by atoms with E-state index in [-0.39, 0.29) is 30.7 Å². The molecule has 2 N–H and O–H groups in total. The van der Waals surface area contributed by atoms with E-state index in [1.807, 2.05) is 6.07 Å². The van der Waals surface area contributed by atoms with Crippen LogP contribution in [0.1, 0.15) is 44.9 Å². The summed E-state index contributed by atoms with van der Waals surface area (Å²) in [6, 6.07) is 6.74. The summed E-state index contributed by atoms with van der Waals surface area (Å²) in [6.07, 6.45) is 4.60. The summed E-state index contributed by atoms with van der Waals surface area (Å²) in [4.78, 5) is 51.9. The fourth-order valence-corrected chi connectivity index (χ4v) is 4.31. The van der Waals surface area contributed by atoms with Crippen LogP contribution < -0.4 is 15.5 Å². The van der Waals surface area contributed by atoms with Crippen molar-refractivity contribution in [3.05, 3.63) is 24.3 Å². The molecule has 0 unspecified atom stereocenters. The maximum Gasteiger partial charge on any atom is 0.325 e. The van der Waals surface area contributed by atoms with Crippen LogP contribution in [-0.4, -0.2) is 47.3 Å². The first-order chi connectivity index (χ1) is 13.5. The highest BCUT2D eigenvalue weighted by atomic mass is 16.2. The molecule has 2 saturated heterocycles. The number of nitrogens with zero attached hydrogens (tertiary/aromatic N) is 2. The summed E-state index contributed by atoms with van der Waals surface area (Å²) in [5, 5.41) is 5.60. The molecular formula is C20H24N4O4. The highest BCUT2D eigenvalue weighted by Crippen LogP contribution is 2.35. The molecule has 2 heterocycles. The number of urea groups is 1. The fraction of sp³-hybridized carbons (Fsp3) is 0.500. The fourth-order valence-electron chi connectivity index (χ4n) is 4.31. The molecule has 1 aromatic rings. The van der Waals surface area contributed by atoms with Crippen molar-refractivity contribution in [2.75, 3.05) is 23.3 Å². The second kappa shape index (κ2) is 7.26. The van der Waals surface area contributed by atoms with Gasteiger partial charge in [-0.25, -0.2) is 4.79 Å². The van der Waals surface area contributed by atoms with E-state index in [2.05, 4.69) is 10.6 Å². The summed E-state index contributed by atoms with van der Waals surface area (Å²) < 4.78 is 0. The molecule has 8 nitrogen and oxygen atoms in total. The van der Waals surface area contributed by atoms with Crippen molar-refractivity contribution in [3.63, 3.8) is 0 Å². The van der Waals surface area contributed by atoms with Crippen LogP contribution in [0.25, 0.3) is 0 Å². The van der Waals surface area contributed by atoms with Crippen molar-refractivity contribution in [1.29, 1.82) is 0 Å². The van der Waals surface area contributed by atoms with Crippen LogP contribution in [0.2, 0.25) is 0 Å².